The molecule has 0 aliphatic carbocycles. The second kappa shape index (κ2) is 5.03. The van der Waals surface area contributed by atoms with Crippen LogP contribution in [0.25, 0.3) is 0 Å². The van der Waals surface area contributed by atoms with Crippen LogP contribution in [0.5, 0.6) is 0 Å². The number of carboxylic acid groups (broad SMARTS) is 1. The molecule has 0 radical (unpaired) electrons. The van der Waals surface area contributed by atoms with E-state index in [1.54, 1.807) is 6.33 Å². The summed E-state index contributed by atoms with van der Waals surface area (Å²) in [7, 11) is 0. The molecule has 2 aliphatic rings. The van der Waals surface area contributed by atoms with Gasteiger partial charge in [0.25, 0.3) is 0 Å². The average Bonchev–Trinajstić information content (AvgIpc) is 3.10. The van der Waals surface area contributed by atoms with Crippen molar-refractivity contribution in [2.24, 2.45) is 5.92 Å². The Hall–Kier alpha value is -1.85. The van der Waals surface area contributed by atoms with Gasteiger partial charge in [-0.15, -0.1) is 0 Å². The fourth-order valence-electron chi connectivity index (χ4n) is 2.80. The molecule has 6 heteroatoms. The molecule has 1 atom stereocenters. The average molecular weight is 262 g/mol. The number of nitrogens with zero attached hydrogens (tertiary/aromatic N) is 4. The van der Waals surface area contributed by atoms with Gasteiger partial charge in [0, 0.05) is 32.2 Å². The molecule has 2 aliphatic heterocycles. The fraction of sp³-hybridized carbons (Fsp3) is 0.615. The van der Waals surface area contributed by atoms with Crippen molar-refractivity contribution in [3.63, 3.8) is 0 Å². The van der Waals surface area contributed by atoms with Gasteiger partial charge >= 0.3 is 5.97 Å². The van der Waals surface area contributed by atoms with Gasteiger partial charge in [-0.2, -0.15) is 0 Å². The number of carboxylic acids is 1. The molecule has 2 fully saturated rings. The van der Waals surface area contributed by atoms with Crippen LogP contribution in [0.4, 0.5) is 11.6 Å². The third-order valence-electron chi connectivity index (χ3n) is 3.93. The van der Waals surface area contributed by atoms with Crippen LogP contribution in [-0.2, 0) is 4.79 Å². The van der Waals surface area contributed by atoms with Crippen molar-refractivity contribution in [1.29, 1.82) is 0 Å². The summed E-state index contributed by atoms with van der Waals surface area (Å²) in [6, 6.07) is 1.98. The van der Waals surface area contributed by atoms with Gasteiger partial charge in [-0.3, -0.25) is 4.79 Å². The molecule has 0 amide bonds. The summed E-state index contributed by atoms with van der Waals surface area (Å²) in [5.74, 6) is 0.823. The molecule has 1 aromatic rings. The third kappa shape index (κ3) is 2.47. The standard InChI is InChI=1S/C13H18N4O2/c18-13(19)10-3-6-17(8-10)12-7-11(14-9-15-12)16-4-1-2-5-16/h7,9-10H,1-6,8H2,(H,18,19). The molecule has 2 saturated heterocycles. The third-order valence-corrected chi connectivity index (χ3v) is 3.93. The zero-order valence-corrected chi connectivity index (χ0v) is 10.8. The van der Waals surface area contributed by atoms with Crippen molar-refractivity contribution in [1.82, 2.24) is 9.97 Å². The highest BCUT2D eigenvalue weighted by molar-refractivity contribution is 5.72. The summed E-state index contributed by atoms with van der Waals surface area (Å²) in [5.41, 5.74) is 0. The van der Waals surface area contributed by atoms with Crippen LogP contribution in [0.2, 0.25) is 0 Å². The Morgan fingerprint density at radius 3 is 2.47 bits per heavy atom. The molecule has 0 saturated carbocycles. The topological polar surface area (TPSA) is 69.6 Å². The monoisotopic (exact) mass is 262 g/mol. The largest absolute Gasteiger partial charge is 0.481 e. The minimum Gasteiger partial charge on any atom is -0.481 e. The van der Waals surface area contributed by atoms with Crippen LogP contribution in [0.15, 0.2) is 12.4 Å². The van der Waals surface area contributed by atoms with Gasteiger partial charge in [-0.25, -0.2) is 9.97 Å². The van der Waals surface area contributed by atoms with Crippen LogP contribution in [-0.4, -0.2) is 47.2 Å². The first-order chi connectivity index (χ1) is 9.24. The van der Waals surface area contributed by atoms with E-state index in [2.05, 4.69) is 14.9 Å². The fourth-order valence-corrected chi connectivity index (χ4v) is 2.80. The SMILES string of the molecule is O=C(O)C1CCN(c2cc(N3CCCC3)ncn2)C1. The highest BCUT2D eigenvalue weighted by atomic mass is 16.4. The number of rotatable bonds is 3. The van der Waals surface area contributed by atoms with E-state index in [4.69, 9.17) is 5.11 Å². The molecule has 19 heavy (non-hydrogen) atoms. The molecule has 102 valence electrons. The summed E-state index contributed by atoms with van der Waals surface area (Å²) >= 11 is 0. The number of anilines is 2. The minimum absolute atomic E-state index is 0.273. The first-order valence-corrected chi connectivity index (χ1v) is 6.79. The number of hydrogen-bond acceptors (Lipinski definition) is 5. The maximum Gasteiger partial charge on any atom is 0.308 e. The van der Waals surface area contributed by atoms with E-state index in [1.165, 1.54) is 12.8 Å². The van der Waals surface area contributed by atoms with Crippen LogP contribution in [0.3, 0.4) is 0 Å². The quantitative estimate of drug-likeness (QED) is 0.876. The van der Waals surface area contributed by atoms with Gasteiger partial charge in [0.2, 0.25) is 0 Å². The summed E-state index contributed by atoms with van der Waals surface area (Å²) < 4.78 is 0. The smallest absolute Gasteiger partial charge is 0.308 e. The normalized spacial score (nSPS) is 23.1. The Bertz CT molecular complexity index is 473. The predicted molar refractivity (Wildman–Crippen MR) is 71.4 cm³/mol. The van der Waals surface area contributed by atoms with Gasteiger partial charge in [-0.05, 0) is 19.3 Å². The van der Waals surface area contributed by atoms with Gasteiger partial charge in [-0.1, -0.05) is 0 Å². The molecular weight excluding hydrogens is 244 g/mol. The molecule has 0 bridgehead atoms. The first-order valence-electron chi connectivity index (χ1n) is 6.79. The van der Waals surface area contributed by atoms with Gasteiger partial charge < -0.3 is 14.9 Å². The second-order valence-corrected chi connectivity index (χ2v) is 5.20. The summed E-state index contributed by atoms with van der Waals surface area (Å²) in [6.07, 6.45) is 4.70. The van der Waals surface area contributed by atoms with Crippen molar-refractivity contribution < 1.29 is 9.90 Å². The molecule has 3 heterocycles. The molecule has 0 aromatic carbocycles. The number of carbonyl (C=O) groups is 1. The summed E-state index contributed by atoms with van der Waals surface area (Å²) in [4.78, 5) is 23.9. The highest BCUT2D eigenvalue weighted by Gasteiger charge is 2.29. The Morgan fingerprint density at radius 2 is 1.84 bits per heavy atom. The lowest BCUT2D eigenvalue weighted by Gasteiger charge is -2.20. The zero-order valence-electron chi connectivity index (χ0n) is 10.8. The molecule has 6 nitrogen and oxygen atoms in total. The first kappa shape index (κ1) is 12.2. The van der Waals surface area contributed by atoms with Crippen molar-refractivity contribution in [3.8, 4) is 0 Å². The minimum atomic E-state index is -0.712. The van der Waals surface area contributed by atoms with Gasteiger partial charge in [0.1, 0.15) is 18.0 Å². The maximum atomic E-state index is 11.0. The lowest BCUT2D eigenvalue weighted by Crippen LogP contribution is -2.25. The molecule has 0 spiro atoms. The van der Waals surface area contributed by atoms with E-state index in [-0.39, 0.29) is 5.92 Å². The maximum absolute atomic E-state index is 11.0. The Morgan fingerprint density at radius 1 is 1.16 bits per heavy atom. The Kier molecular flexibility index (Phi) is 3.23. The van der Waals surface area contributed by atoms with Crippen LogP contribution < -0.4 is 9.80 Å². The Balaban J connectivity index is 1.74. The van der Waals surface area contributed by atoms with E-state index in [9.17, 15) is 4.79 Å². The molecule has 1 N–H and O–H groups in total. The predicted octanol–water partition coefficient (Wildman–Crippen LogP) is 0.988. The zero-order chi connectivity index (χ0) is 13.2. The summed E-state index contributed by atoms with van der Waals surface area (Å²) in [6.45, 7) is 3.40. The van der Waals surface area contributed by atoms with E-state index >= 15 is 0 Å². The lowest BCUT2D eigenvalue weighted by atomic mass is 10.1. The van der Waals surface area contributed by atoms with E-state index in [0.717, 1.165) is 31.3 Å². The molecule has 1 unspecified atom stereocenters. The molecule has 3 rings (SSSR count). The van der Waals surface area contributed by atoms with Crippen LogP contribution in [0, 0.1) is 5.92 Å². The van der Waals surface area contributed by atoms with E-state index < -0.39 is 5.97 Å². The van der Waals surface area contributed by atoms with Gasteiger partial charge in [0.15, 0.2) is 0 Å². The number of aromatic nitrogens is 2. The van der Waals surface area contributed by atoms with Crippen molar-refractivity contribution in [3.05, 3.63) is 12.4 Å². The van der Waals surface area contributed by atoms with Crippen molar-refractivity contribution in [2.45, 2.75) is 19.3 Å². The number of aliphatic carboxylic acids is 1. The van der Waals surface area contributed by atoms with Crippen LogP contribution in [0.1, 0.15) is 19.3 Å². The molecule has 1 aromatic heterocycles. The lowest BCUT2D eigenvalue weighted by molar-refractivity contribution is -0.140. The van der Waals surface area contributed by atoms with Crippen molar-refractivity contribution >= 4 is 17.6 Å². The Labute approximate surface area is 112 Å². The summed E-state index contributed by atoms with van der Waals surface area (Å²) in [5, 5.41) is 9.04. The molecular formula is C13H18N4O2. The van der Waals surface area contributed by atoms with E-state index in [0.29, 0.717) is 13.0 Å². The van der Waals surface area contributed by atoms with Crippen LogP contribution >= 0.6 is 0 Å². The second-order valence-electron chi connectivity index (χ2n) is 5.20. The van der Waals surface area contributed by atoms with Crippen molar-refractivity contribution in [2.75, 3.05) is 36.0 Å². The van der Waals surface area contributed by atoms with E-state index in [1.807, 2.05) is 11.0 Å². The van der Waals surface area contributed by atoms with Gasteiger partial charge in [0.05, 0.1) is 5.92 Å². The highest BCUT2D eigenvalue weighted by Crippen LogP contribution is 2.25. The number of hydrogen-bond donors (Lipinski definition) is 1.